The molecule has 2 aromatic rings. The van der Waals surface area contributed by atoms with Crippen LogP contribution in [0.4, 0.5) is 0 Å². The molecule has 1 aromatic heterocycles. The van der Waals surface area contributed by atoms with Gasteiger partial charge in [-0.25, -0.2) is 4.99 Å². The first-order valence-electron chi connectivity index (χ1n) is 8.21. The van der Waals surface area contributed by atoms with Crippen LogP contribution in [0.5, 0.6) is 0 Å². The molecule has 6 nitrogen and oxygen atoms in total. The Morgan fingerprint density at radius 1 is 1.28 bits per heavy atom. The van der Waals surface area contributed by atoms with Crippen LogP contribution >= 0.6 is 24.0 Å². The molecule has 2 rings (SSSR count). The minimum atomic E-state index is 0. The van der Waals surface area contributed by atoms with Crippen molar-refractivity contribution in [3.8, 4) is 0 Å². The van der Waals surface area contributed by atoms with E-state index in [1.807, 2.05) is 29.8 Å². The van der Waals surface area contributed by atoms with E-state index in [1.54, 1.807) is 7.11 Å². The number of methoxy groups -OCH3 is 1. The molecule has 138 valence electrons. The van der Waals surface area contributed by atoms with E-state index in [0.29, 0.717) is 19.1 Å². The topological polar surface area (TPSA) is 77.5 Å². The standard InChI is InChI=1S/C18H27N5O.HI/c1-14-17(15(2)23(22-14)11-12-24-3)13-21-18(19)20-10-9-16-7-5-4-6-8-16;/h4-8H,9-13H2,1-3H3,(H3,19,20,21);1H. The minimum Gasteiger partial charge on any atom is -0.383 e. The zero-order chi connectivity index (χ0) is 17.4. The van der Waals surface area contributed by atoms with Gasteiger partial charge in [0.2, 0.25) is 0 Å². The molecule has 1 heterocycles. The van der Waals surface area contributed by atoms with Gasteiger partial charge in [-0.3, -0.25) is 4.68 Å². The van der Waals surface area contributed by atoms with Crippen molar-refractivity contribution in [2.24, 2.45) is 10.7 Å². The predicted octanol–water partition coefficient (Wildman–Crippen LogP) is 2.41. The molecule has 7 heteroatoms. The summed E-state index contributed by atoms with van der Waals surface area (Å²) in [5.41, 5.74) is 10.5. The fourth-order valence-corrected chi connectivity index (χ4v) is 2.56. The fourth-order valence-electron chi connectivity index (χ4n) is 2.56. The monoisotopic (exact) mass is 457 g/mol. The Balaban J connectivity index is 0.00000312. The van der Waals surface area contributed by atoms with Gasteiger partial charge in [0.1, 0.15) is 0 Å². The lowest BCUT2D eigenvalue weighted by Crippen LogP contribution is -2.33. The van der Waals surface area contributed by atoms with Crippen LogP contribution in [0, 0.1) is 13.8 Å². The van der Waals surface area contributed by atoms with E-state index in [0.717, 1.165) is 36.5 Å². The Bertz CT molecular complexity index is 670. The molecule has 1 aromatic carbocycles. The number of benzene rings is 1. The van der Waals surface area contributed by atoms with Crippen molar-refractivity contribution >= 4 is 29.9 Å². The highest BCUT2D eigenvalue weighted by Crippen LogP contribution is 2.14. The number of aliphatic imine (C=N–C) groups is 1. The summed E-state index contributed by atoms with van der Waals surface area (Å²) >= 11 is 0. The molecule has 0 radical (unpaired) electrons. The molecule has 0 saturated carbocycles. The highest BCUT2D eigenvalue weighted by Gasteiger charge is 2.10. The average Bonchev–Trinajstić information content (AvgIpc) is 2.85. The van der Waals surface area contributed by atoms with E-state index in [2.05, 4.69) is 34.5 Å². The quantitative estimate of drug-likeness (QED) is 0.363. The van der Waals surface area contributed by atoms with E-state index < -0.39 is 0 Å². The van der Waals surface area contributed by atoms with Gasteiger partial charge in [0.25, 0.3) is 0 Å². The normalized spacial score (nSPS) is 11.2. The Labute approximate surface area is 166 Å². The van der Waals surface area contributed by atoms with Gasteiger partial charge >= 0.3 is 0 Å². The number of halogens is 1. The molecule has 0 bridgehead atoms. The van der Waals surface area contributed by atoms with Gasteiger partial charge in [0.15, 0.2) is 5.96 Å². The lowest BCUT2D eigenvalue weighted by Gasteiger charge is -2.06. The van der Waals surface area contributed by atoms with Crippen molar-refractivity contribution < 1.29 is 4.74 Å². The molecular weight excluding hydrogens is 429 g/mol. The second-order valence-electron chi connectivity index (χ2n) is 5.73. The van der Waals surface area contributed by atoms with Crippen molar-refractivity contribution in [1.29, 1.82) is 0 Å². The number of guanidine groups is 1. The Hall–Kier alpha value is -1.61. The predicted molar refractivity (Wildman–Crippen MR) is 112 cm³/mol. The van der Waals surface area contributed by atoms with Crippen LogP contribution in [-0.4, -0.2) is 36.0 Å². The van der Waals surface area contributed by atoms with Crippen LogP contribution < -0.4 is 11.1 Å². The van der Waals surface area contributed by atoms with Crippen molar-refractivity contribution in [3.05, 3.63) is 52.8 Å². The van der Waals surface area contributed by atoms with Crippen LogP contribution in [0.15, 0.2) is 35.3 Å². The Morgan fingerprint density at radius 2 is 2.00 bits per heavy atom. The van der Waals surface area contributed by atoms with Gasteiger partial charge < -0.3 is 15.8 Å². The largest absolute Gasteiger partial charge is 0.383 e. The third-order valence-electron chi connectivity index (χ3n) is 4.01. The van der Waals surface area contributed by atoms with E-state index in [9.17, 15) is 0 Å². The summed E-state index contributed by atoms with van der Waals surface area (Å²) in [7, 11) is 1.69. The first-order chi connectivity index (χ1) is 11.6. The maximum absolute atomic E-state index is 5.96. The second-order valence-corrected chi connectivity index (χ2v) is 5.73. The van der Waals surface area contributed by atoms with Gasteiger partial charge in [-0.1, -0.05) is 30.3 Å². The molecule has 0 aliphatic carbocycles. The number of ether oxygens (including phenoxy) is 1. The molecule has 3 N–H and O–H groups in total. The molecule has 0 unspecified atom stereocenters. The minimum absolute atomic E-state index is 0. The summed E-state index contributed by atoms with van der Waals surface area (Å²) in [5.74, 6) is 0.467. The number of rotatable bonds is 8. The number of hydrogen-bond donors (Lipinski definition) is 2. The number of nitrogens with zero attached hydrogens (tertiary/aromatic N) is 3. The first-order valence-corrected chi connectivity index (χ1v) is 8.21. The van der Waals surface area contributed by atoms with E-state index in [4.69, 9.17) is 10.5 Å². The lowest BCUT2D eigenvalue weighted by atomic mass is 10.1. The van der Waals surface area contributed by atoms with E-state index in [-0.39, 0.29) is 24.0 Å². The number of aryl methyl sites for hydroxylation is 1. The number of nitrogens with two attached hydrogens (primary N) is 1. The van der Waals surface area contributed by atoms with Crippen molar-refractivity contribution in [2.45, 2.75) is 33.4 Å². The van der Waals surface area contributed by atoms with Crippen LogP contribution in [0.25, 0.3) is 0 Å². The van der Waals surface area contributed by atoms with Crippen LogP contribution in [0.1, 0.15) is 22.5 Å². The zero-order valence-corrected chi connectivity index (χ0v) is 17.5. The molecule has 0 fully saturated rings. The summed E-state index contributed by atoms with van der Waals surface area (Å²) in [6.45, 7) is 6.75. The molecule has 0 amide bonds. The fraction of sp³-hybridized carbons (Fsp3) is 0.444. The third kappa shape index (κ3) is 6.66. The van der Waals surface area contributed by atoms with Crippen molar-refractivity contribution in [1.82, 2.24) is 15.1 Å². The summed E-state index contributed by atoms with van der Waals surface area (Å²) in [6, 6.07) is 10.3. The Kier molecular flexibility index (Phi) is 9.51. The average molecular weight is 457 g/mol. The van der Waals surface area contributed by atoms with Gasteiger partial charge in [0.05, 0.1) is 25.4 Å². The SMILES string of the molecule is COCCn1nc(C)c(CN=C(N)NCCc2ccccc2)c1C.I. The first kappa shape index (κ1) is 21.4. The summed E-state index contributed by atoms with van der Waals surface area (Å²) in [6.07, 6.45) is 0.921. The number of aromatic nitrogens is 2. The van der Waals surface area contributed by atoms with Crippen LogP contribution in [-0.2, 0) is 24.2 Å². The summed E-state index contributed by atoms with van der Waals surface area (Å²) < 4.78 is 7.07. The smallest absolute Gasteiger partial charge is 0.188 e. The summed E-state index contributed by atoms with van der Waals surface area (Å²) in [5, 5.41) is 7.70. The third-order valence-corrected chi connectivity index (χ3v) is 4.01. The maximum Gasteiger partial charge on any atom is 0.188 e. The zero-order valence-electron chi connectivity index (χ0n) is 15.2. The molecule has 0 atom stereocenters. The molecule has 25 heavy (non-hydrogen) atoms. The Morgan fingerprint density at radius 3 is 2.68 bits per heavy atom. The summed E-state index contributed by atoms with van der Waals surface area (Å²) in [4.78, 5) is 4.44. The van der Waals surface area contributed by atoms with Gasteiger partial charge in [-0.15, -0.1) is 24.0 Å². The highest BCUT2D eigenvalue weighted by atomic mass is 127. The van der Waals surface area contributed by atoms with Gasteiger partial charge in [-0.05, 0) is 25.8 Å². The van der Waals surface area contributed by atoms with Crippen LogP contribution in [0.3, 0.4) is 0 Å². The number of hydrogen-bond acceptors (Lipinski definition) is 3. The van der Waals surface area contributed by atoms with Gasteiger partial charge in [-0.2, -0.15) is 5.10 Å². The van der Waals surface area contributed by atoms with Crippen LogP contribution in [0.2, 0.25) is 0 Å². The molecule has 0 aliphatic heterocycles. The molecular formula is C18H28IN5O. The lowest BCUT2D eigenvalue weighted by molar-refractivity contribution is 0.182. The van der Waals surface area contributed by atoms with Crippen molar-refractivity contribution in [2.75, 3.05) is 20.3 Å². The molecule has 0 spiro atoms. The maximum atomic E-state index is 5.96. The van der Waals surface area contributed by atoms with Crippen molar-refractivity contribution in [3.63, 3.8) is 0 Å². The number of nitrogens with one attached hydrogen (secondary N) is 1. The molecule has 0 saturated heterocycles. The molecule has 0 aliphatic rings. The highest BCUT2D eigenvalue weighted by molar-refractivity contribution is 14.0. The van der Waals surface area contributed by atoms with Gasteiger partial charge in [0, 0.05) is 24.9 Å². The van der Waals surface area contributed by atoms with E-state index in [1.165, 1.54) is 5.56 Å². The second kappa shape index (κ2) is 11.1. The van der Waals surface area contributed by atoms with E-state index >= 15 is 0 Å².